The van der Waals surface area contributed by atoms with Crippen molar-refractivity contribution in [2.45, 2.75) is 38.8 Å². The smallest absolute Gasteiger partial charge is 0.123 e. The van der Waals surface area contributed by atoms with Crippen LogP contribution >= 0.6 is 0 Å². The molecule has 0 spiro atoms. The lowest BCUT2D eigenvalue weighted by Gasteiger charge is -2.29. The molecule has 1 fully saturated rings. The highest BCUT2D eigenvalue weighted by Gasteiger charge is 2.29. The summed E-state index contributed by atoms with van der Waals surface area (Å²) in [5, 5.41) is 0. The molecule has 1 aromatic rings. The van der Waals surface area contributed by atoms with E-state index in [0.29, 0.717) is 12.1 Å². The molecule has 0 unspecified atom stereocenters. The normalized spacial score (nSPS) is 21.6. The highest BCUT2D eigenvalue weighted by atomic mass is 16.5. The van der Waals surface area contributed by atoms with Crippen LogP contribution in [0, 0.1) is 0 Å². The fourth-order valence-corrected chi connectivity index (χ4v) is 2.68. The monoisotopic (exact) mass is 219 g/mol. The van der Waals surface area contributed by atoms with E-state index >= 15 is 0 Å². The lowest BCUT2D eigenvalue weighted by Crippen LogP contribution is -2.30. The van der Waals surface area contributed by atoms with Crippen LogP contribution < -0.4 is 4.74 Å². The predicted molar refractivity (Wildman–Crippen MR) is 66.8 cm³/mol. The number of likely N-dealkylation sites (tertiary alicyclic amines) is 1. The van der Waals surface area contributed by atoms with Crippen molar-refractivity contribution >= 4 is 0 Å². The van der Waals surface area contributed by atoms with E-state index in [1.807, 2.05) is 6.07 Å². The number of benzene rings is 1. The van der Waals surface area contributed by atoms with E-state index in [1.165, 1.54) is 24.9 Å². The minimum Gasteiger partial charge on any atom is -0.496 e. The van der Waals surface area contributed by atoms with Crippen LogP contribution in [0.4, 0.5) is 0 Å². The molecule has 88 valence electrons. The molecule has 1 saturated heterocycles. The van der Waals surface area contributed by atoms with Gasteiger partial charge in [-0.15, -0.1) is 0 Å². The SMILES string of the molecule is COc1ccccc1[C@H]1CCCN1C(C)C. The van der Waals surface area contributed by atoms with Gasteiger partial charge in [0.1, 0.15) is 5.75 Å². The first-order chi connectivity index (χ1) is 7.74. The summed E-state index contributed by atoms with van der Waals surface area (Å²) in [5.41, 5.74) is 1.34. The maximum Gasteiger partial charge on any atom is 0.123 e. The Morgan fingerprint density at radius 3 is 2.75 bits per heavy atom. The molecular weight excluding hydrogens is 198 g/mol. The van der Waals surface area contributed by atoms with E-state index in [2.05, 4.69) is 36.9 Å². The Hall–Kier alpha value is -1.02. The largest absolute Gasteiger partial charge is 0.496 e. The minimum atomic E-state index is 0.538. The predicted octanol–water partition coefficient (Wildman–Crippen LogP) is 3.24. The van der Waals surface area contributed by atoms with Crippen molar-refractivity contribution in [2.75, 3.05) is 13.7 Å². The Bertz CT molecular complexity index is 348. The average molecular weight is 219 g/mol. The van der Waals surface area contributed by atoms with E-state index < -0.39 is 0 Å². The molecule has 2 heteroatoms. The molecule has 0 aromatic heterocycles. The van der Waals surface area contributed by atoms with Gasteiger partial charge in [-0.05, 0) is 39.3 Å². The first-order valence-corrected chi connectivity index (χ1v) is 6.12. The third kappa shape index (κ3) is 2.07. The lowest BCUT2D eigenvalue weighted by atomic mass is 10.0. The van der Waals surface area contributed by atoms with Crippen LogP contribution in [0.3, 0.4) is 0 Å². The van der Waals surface area contributed by atoms with Crippen molar-refractivity contribution in [3.05, 3.63) is 29.8 Å². The number of para-hydroxylation sites is 1. The van der Waals surface area contributed by atoms with Crippen molar-refractivity contribution in [1.29, 1.82) is 0 Å². The fraction of sp³-hybridized carbons (Fsp3) is 0.571. The van der Waals surface area contributed by atoms with Crippen LogP contribution in [-0.2, 0) is 0 Å². The van der Waals surface area contributed by atoms with Gasteiger partial charge in [-0.1, -0.05) is 18.2 Å². The molecule has 1 atom stereocenters. The zero-order valence-corrected chi connectivity index (χ0v) is 10.4. The van der Waals surface area contributed by atoms with E-state index in [9.17, 15) is 0 Å². The molecule has 1 aliphatic heterocycles. The van der Waals surface area contributed by atoms with Crippen molar-refractivity contribution in [2.24, 2.45) is 0 Å². The Kier molecular flexibility index (Phi) is 3.49. The topological polar surface area (TPSA) is 12.5 Å². The molecule has 0 radical (unpaired) electrons. The van der Waals surface area contributed by atoms with Gasteiger partial charge in [0.15, 0.2) is 0 Å². The molecule has 0 saturated carbocycles. The first-order valence-electron chi connectivity index (χ1n) is 6.12. The highest BCUT2D eigenvalue weighted by Crippen LogP contribution is 2.37. The molecular formula is C14H21NO. The third-order valence-corrected chi connectivity index (χ3v) is 3.46. The molecule has 1 heterocycles. The van der Waals surface area contributed by atoms with Crippen LogP contribution in [0.5, 0.6) is 5.75 Å². The summed E-state index contributed by atoms with van der Waals surface area (Å²) in [6.07, 6.45) is 2.54. The van der Waals surface area contributed by atoms with Crippen LogP contribution in [0.25, 0.3) is 0 Å². The van der Waals surface area contributed by atoms with Gasteiger partial charge < -0.3 is 4.74 Å². The summed E-state index contributed by atoms with van der Waals surface area (Å²) in [6.45, 7) is 5.75. The number of nitrogens with zero attached hydrogens (tertiary/aromatic N) is 1. The molecule has 0 bridgehead atoms. The number of methoxy groups -OCH3 is 1. The minimum absolute atomic E-state index is 0.538. The second-order valence-electron chi connectivity index (χ2n) is 4.73. The van der Waals surface area contributed by atoms with Gasteiger partial charge in [0, 0.05) is 17.6 Å². The lowest BCUT2D eigenvalue weighted by molar-refractivity contribution is 0.202. The van der Waals surface area contributed by atoms with Crippen molar-refractivity contribution in [3.8, 4) is 5.75 Å². The number of rotatable bonds is 3. The molecule has 0 aliphatic carbocycles. The summed E-state index contributed by atoms with van der Waals surface area (Å²) < 4.78 is 5.46. The third-order valence-electron chi connectivity index (χ3n) is 3.46. The molecule has 1 aromatic carbocycles. The van der Waals surface area contributed by atoms with E-state index in [1.54, 1.807) is 7.11 Å². The maximum atomic E-state index is 5.46. The quantitative estimate of drug-likeness (QED) is 0.773. The Labute approximate surface area is 98.2 Å². The summed E-state index contributed by atoms with van der Waals surface area (Å²) in [4.78, 5) is 2.57. The molecule has 1 aliphatic rings. The Morgan fingerprint density at radius 2 is 2.06 bits per heavy atom. The first kappa shape index (κ1) is 11.5. The van der Waals surface area contributed by atoms with Gasteiger partial charge in [-0.3, -0.25) is 4.90 Å². The van der Waals surface area contributed by atoms with Crippen molar-refractivity contribution < 1.29 is 4.74 Å². The highest BCUT2D eigenvalue weighted by molar-refractivity contribution is 5.36. The Balaban J connectivity index is 2.28. The maximum absolute atomic E-state index is 5.46. The number of hydrogen-bond donors (Lipinski definition) is 0. The molecule has 16 heavy (non-hydrogen) atoms. The zero-order valence-electron chi connectivity index (χ0n) is 10.4. The van der Waals surface area contributed by atoms with Crippen molar-refractivity contribution in [3.63, 3.8) is 0 Å². The van der Waals surface area contributed by atoms with Crippen LogP contribution in [-0.4, -0.2) is 24.6 Å². The van der Waals surface area contributed by atoms with Crippen LogP contribution in [0.1, 0.15) is 38.3 Å². The molecule has 0 N–H and O–H groups in total. The fourth-order valence-electron chi connectivity index (χ4n) is 2.68. The van der Waals surface area contributed by atoms with Gasteiger partial charge in [0.05, 0.1) is 7.11 Å². The van der Waals surface area contributed by atoms with Gasteiger partial charge >= 0.3 is 0 Å². The standard InChI is InChI=1S/C14H21NO/c1-11(2)15-10-6-8-13(15)12-7-4-5-9-14(12)16-3/h4-5,7,9,11,13H,6,8,10H2,1-3H3/t13-/m1/s1. The Morgan fingerprint density at radius 1 is 1.31 bits per heavy atom. The molecule has 0 amide bonds. The average Bonchev–Trinajstić information content (AvgIpc) is 2.77. The van der Waals surface area contributed by atoms with Crippen molar-refractivity contribution in [1.82, 2.24) is 4.90 Å². The summed E-state index contributed by atoms with van der Waals surface area (Å²) in [7, 11) is 1.76. The van der Waals surface area contributed by atoms with Crippen LogP contribution in [0.2, 0.25) is 0 Å². The van der Waals surface area contributed by atoms with Gasteiger partial charge in [-0.25, -0.2) is 0 Å². The number of hydrogen-bond acceptors (Lipinski definition) is 2. The summed E-state index contributed by atoms with van der Waals surface area (Å²) in [6, 6.07) is 9.55. The van der Waals surface area contributed by atoms with E-state index in [4.69, 9.17) is 4.74 Å². The molecule has 2 rings (SSSR count). The summed E-state index contributed by atoms with van der Waals surface area (Å²) in [5.74, 6) is 1.03. The van der Waals surface area contributed by atoms with Gasteiger partial charge in [0.25, 0.3) is 0 Å². The van der Waals surface area contributed by atoms with E-state index in [0.717, 1.165) is 5.75 Å². The van der Waals surface area contributed by atoms with Crippen LogP contribution in [0.15, 0.2) is 24.3 Å². The van der Waals surface area contributed by atoms with Gasteiger partial charge in [-0.2, -0.15) is 0 Å². The second-order valence-corrected chi connectivity index (χ2v) is 4.73. The number of ether oxygens (including phenoxy) is 1. The van der Waals surface area contributed by atoms with E-state index in [-0.39, 0.29) is 0 Å². The zero-order chi connectivity index (χ0) is 11.5. The van der Waals surface area contributed by atoms with Gasteiger partial charge in [0.2, 0.25) is 0 Å². The second kappa shape index (κ2) is 4.88. The summed E-state index contributed by atoms with van der Waals surface area (Å²) >= 11 is 0. The molecule has 2 nitrogen and oxygen atoms in total.